The molecule has 5 heteroatoms. The van der Waals surface area contributed by atoms with E-state index in [0.717, 1.165) is 54.2 Å². The number of fused-ring (bicyclic) bond motifs is 3. The van der Waals surface area contributed by atoms with Crippen molar-refractivity contribution in [2.75, 3.05) is 24.5 Å². The fourth-order valence-electron chi connectivity index (χ4n) is 4.59. The van der Waals surface area contributed by atoms with E-state index in [-0.39, 0.29) is 5.91 Å². The first kappa shape index (κ1) is 17.2. The minimum absolute atomic E-state index is 0.154. The zero-order chi connectivity index (χ0) is 18.4. The first-order valence-corrected chi connectivity index (χ1v) is 10.8. The highest BCUT2D eigenvalue weighted by Gasteiger charge is 2.43. The molecule has 1 aromatic heterocycles. The van der Waals surface area contributed by atoms with E-state index in [1.165, 1.54) is 30.5 Å². The second-order valence-electron chi connectivity index (χ2n) is 8.01. The summed E-state index contributed by atoms with van der Waals surface area (Å²) < 4.78 is 1.08. The summed E-state index contributed by atoms with van der Waals surface area (Å²) >= 11 is 3.52. The molecule has 140 valence electrons. The third kappa shape index (κ3) is 3.27. The summed E-state index contributed by atoms with van der Waals surface area (Å²) in [7, 11) is 0. The SMILES string of the molecule is O=C(c1cnc2c(c1)C1CC1CCN2c1ccc(Br)cc1)N1CCCCC1. The minimum atomic E-state index is 0.154. The molecule has 3 heterocycles. The molecular formula is C22H24BrN3O. The molecule has 0 bridgehead atoms. The van der Waals surface area contributed by atoms with E-state index in [9.17, 15) is 4.79 Å². The van der Waals surface area contributed by atoms with E-state index < -0.39 is 0 Å². The molecule has 1 saturated carbocycles. The number of hydrogen-bond donors (Lipinski definition) is 0. The molecule has 2 aliphatic heterocycles. The molecule has 27 heavy (non-hydrogen) atoms. The average Bonchev–Trinajstić information content (AvgIpc) is 3.50. The summed E-state index contributed by atoms with van der Waals surface area (Å²) in [5.74, 6) is 2.51. The number of benzene rings is 1. The maximum Gasteiger partial charge on any atom is 0.255 e. The summed E-state index contributed by atoms with van der Waals surface area (Å²) in [6.45, 7) is 2.75. The molecule has 0 spiro atoms. The van der Waals surface area contributed by atoms with Crippen LogP contribution in [0, 0.1) is 5.92 Å². The fourth-order valence-corrected chi connectivity index (χ4v) is 4.85. The van der Waals surface area contributed by atoms with Gasteiger partial charge in [0, 0.05) is 36.0 Å². The summed E-state index contributed by atoms with van der Waals surface area (Å²) in [5, 5.41) is 0. The van der Waals surface area contributed by atoms with Crippen LogP contribution < -0.4 is 4.90 Å². The number of anilines is 2. The standard InChI is InChI=1S/C22H24BrN3O/c23-17-4-6-18(7-5-17)26-11-8-15-12-19(15)20-13-16(14-24-21(20)26)22(27)25-9-2-1-3-10-25/h4-7,13-15,19H,1-3,8-12H2. The summed E-state index contributed by atoms with van der Waals surface area (Å²) in [4.78, 5) is 22.1. The van der Waals surface area contributed by atoms with Crippen molar-refractivity contribution in [1.29, 1.82) is 0 Å². The number of amides is 1. The zero-order valence-corrected chi connectivity index (χ0v) is 17.0. The van der Waals surface area contributed by atoms with Gasteiger partial charge in [-0.2, -0.15) is 0 Å². The maximum absolute atomic E-state index is 12.9. The first-order valence-electron chi connectivity index (χ1n) is 10.0. The van der Waals surface area contributed by atoms with Gasteiger partial charge in [-0.15, -0.1) is 0 Å². The highest BCUT2D eigenvalue weighted by atomic mass is 79.9. The van der Waals surface area contributed by atoms with Crippen molar-refractivity contribution in [3.05, 3.63) is 52.1 Å². The number of hydrogen-bond acceptors (Lipinski definition) is 3. The van der Waals surface area contributed by atoms with Crippen molar-refractivity contribution in [2.24, 2.45) is 5.92 Å². The predicted molar refractivity (Wildman–Crippen MR) is 111 cm³/mol. The maximum atomic E-state index is 12.9. The Morgan fingerprint density at radius 1 is 1.07 bits per heavy atom. The number of pyridine rings is 1. The van der Waals surface area contributed by atoms with Gasteiger partial charge in [0.25, 0.3) is 5.91 Å². The van der Waals surface area contributed by atoms with Crippen molar-refractivity contribution in [1.82, 2.24) is 9.88 Å². The number of carbonyl (C=O) groups excluding carboxylic acids is 1. The Hall–Kier alpha value is -1.88. The highest BCUT2D eigenvalue weighted by molar-refractivity contribution is 9.10. The zero-order valence-electron chi connectivity index (χ0n) is 15.4. The lowest BCUT2D eigenvalue weighted by Crippen LogP contribution is -2.35. The van der Waals surface area contributed by atoms with Crippen LogP contribution in [0.25, 0.3) is 0 Å². The molecule has 2 aromatic rings. The quantitative estimate of drug-likeness (QED) is 0.669. The molecule has 5 rings (SSSR count). The number of carbonyl (C=O) groups is 1. The van der Waals surface area contributed by atoms with Crippen LogP contribution in [-0.2, 0) is 0 Å². The lowest BCUT2D eigenvalue weighted by Gasteiger charge is -2.28. The Labute approximate surface area is 168 Å². The van der Waals surface area contributed by atoms with Gasteiger partial charge in [-0.25, -0.2) is 4.98 Å². The van der Waals surface area contributed by atoms with Gasteiger partial charge >= 0.3 is 0 Å². The van der Waals surface area contributed by atoms with E-state index in [1.54, 1.807) is 6.20 Å². The minimum Gasteiger partial charge on any atom is -0.339 e. The van der Waals surface area contributed by atoms with Gasteiger partial charge in [-0.1, -0.05) is 15.9 Å². The van der Waals surface area contributed by atoms with Gasteiger partial charge in [0.15, 0.2) is 0 Å². The normalized spacial score (nSPS) is 24.0. The largest absolute Gasteiger partial charge is 0.339 e. The molecule has 1 aliphatic carbocycles. The van der Waals surface area contributed by atoms with Crippen LogP contribution in [0.2, 0.25) is 0 Å². The Kier molecular flexibility index (Phi) is 4.43. The number of nitrogens with zero attached hydrogens (tertiary/aromatic N) is 3. The molecule has 0 N–H and O–H groups in total. The van der Waals surface area contributed by atoms with Crippen molar-refractivity contribution < 1.29 is 4.79 Å². The number of likely N-dealkylation sites (tertiary alicyclic amines) is 1. The van der Waals surface area contributed by atoms with E-state index in [2.05, 4.69) is 51.2 Å². The van der Waals surface area contributed by atoms with E-state index in [0.29, 0.717) is 5.92 Å². The van der Waals surface area contributed by atoms with Crippen molar-refractivity contribution in [3.8, 4) is 0 Å². The van der Waals surface area contributed by atoms with Crippen LogP contribution in [0.5, 0.6) is 0 Å². The smallest absolute Gasteiger partial charge is 0.255 e. The highest BCUT2D eigenvalue weighted by Crippen LogP contribution is 2.54. The van der Waals surface area contributed by atoms with Gasteiger partial charge in [0.05, 0.1) is 5.56 Å². The van der Waals surface area contributed by atoms with E-state index in [1.807, 2.05) is 4.90 Å². The predicted octanol–water partition coefficient (Wildman–Crippen LogP) is 5.12. The van der Waals surface area contributed by atoms with Crippen LogP contribution in [0.3, 0.4) is 0 Å². The second kappa shape index (κ2) is 6.93. The van der Waals surface area contributed by atoms with Gasteiger partial charge in [-0.05, 0) is 79.8 Å². The van der Waals surface area contributed by atoms with Crippen LogP contribution >= 0.6 is 15.9 Å². The van der Waals surface area contributed by atoms with Crippen LogP contribution in [0.15, 0.2) is 41.0 Å². The van der Waals surface area contributed by atoms with Crippen molar-refractivity contribution >= 4 is 33.3 Å². The third-order valence-corrected chi connectivity index (χ3v) is 6.75. The molecule has 0 radical (unpaired) electrons. The van der Waals surface area contributed by atoms with Gasteiger partial charge < -0.3 is 9.80 Å². The average molecular weight is 426 g/mol. The number of piperidine rings is 1. The van der Waals surface area contributed by atoms with Gasteiger partial charge in [0.1, 0.15) is 5.82 Å². The van der Waals surface area contributed by atoms with Gasteiger partial charge in [-0.3, -0.25) is 4.79 Å². The summed E-state index contributed by atoms with van der Waals surface area (Å²) in [6.07, 6.45) is 7.69. The second-order valence-corrected chi connectivity index (χ2v) is 8.92. The van der Waals surface area contributed by atoms with Crippen LogP contribution in [0.1, 0.15) is 53.9 Å². The Balaban J connectivity index is 1.50. The molecule has 1 amide bonds. The lowest BCUT2D eigenvalue weighted by atomic mass is 10.1. The molecule has 2 atom stereocenters. The van der Waals surface area contributed by atoms with Crippen molar-refractivity contribution in [2.45, 2.75) is 38.0 Å². The molecule has 2 fully saturated rings. The number of halogens is 1. The number of rotatable bonds is 2. The Morgan fingerprint density at radius 3 is 2.63 bits per heavy atom. The van der Waals surface area contributed by atoms with Crippen LogP contribution in [-0.4, -0.2) is 35.4 Å². The van der Waals surface area contributed by atoms with E-state index in [4.69, 9.17) is 4.98 Å². The molecule has 1 aromatic carbocycles. The summed E-state index contributed by atoms with van der Waals surface area (Å²) in [5.41, 5.74) is 3.20. The fraction of sp³-hybridized carbons (Fsp3) is 0.455. The first-order chi connectivity index (χ1) is 13.2. The third-order valence-electron chi connectivity index (χ3n) is 6.22. The molecular weight excluding hydrogens is 402 g/mol. The summed E-state index contributed by atoms with van der Waals surface area (Å²) in [6, 6.07) is 10.6. The lowest BCUT2D eigenvalue weighted by molar-refractivity contribution is 0.0724. The van der Waals surface area contributed by atoms with Gasteiger partial charge in [0.2, 0.25) is 0 Å². The van der Waals surface area contributed by atoms with E-state index >= 15 is 0 Å². The van der Waals surface area contributed by atoms with Crippen molar-refractivity contribution in [3.63, 3.8) is 0 Å². The Morgan fingerprint density at radius 2 is 1.85 bits per heavy atom. The number of aromatic nitrogens is 1. The molecule has 4 nitrogen and oxygen atoms in total. The molecule has 1 saturated heterocycles. The monoisotopic (exact) mass is 425 g/mol. The topological polar surface area (TPSA) is 36.4 Å². The molecule has 3 aliphatic rings. The Bertz CT molecular complexity index is 860. The molecule has 2 unspecified atom stereocenters. The van der Waals surface area contributed by atoms with Crippen LogP contribution in [0.4, 0.5) is 11.5 Å².